The summed E-state index contributed by atoms with van der Waals surface area (Å²) in [5.74, 6) is 0. The lowest BCUT2D eigenvalue weighted by Gasteiger charge is -2.05. The number of anilines is 1. The third-order valence-corrected chi connectivity index (χ3v) is 3.15. The van der Waals surface area contributed by atoms with Crippen LogP contribution in [-0.2, 0) is 4.74 Å². The molecule has 0 radical (unpaired) electrons. The molecule has 5 nitrogen and oxygen atoms in total. The van der Waals surface area contributed by atoms with Crippen LogP contribution in [-0.4, -0.2) is 24.4 Å². The molecule has 6 heteroatoms. The van der Waals surface area contributed by atoms with Crippen molar-refractivity contribution in [3.8, 4) is 0 Å². The fourth-order valence-electron chi connectivity index (χ4n) is 1.55. The molecule has 0 aromatic heterocycles. The first-order chi connectivity index (χ1) is 7.92. The molecule has 84 valence electrons. The van der Waals surface area contributed by atoms with Crippen LogP contribution in [0.5, 0.6) is 0 Å². The number of para-hydroxylation sites is 1. The van der Waals surface area contributed by atoms with Crippen molar-refractivity contribution in [2.75, 3.05) is 11.9 Å². The molecule has 2 aliphatic heterocycles. The SMILES string of the molecule is c1ccc(NC2OC2NC2CN=NS2)cc1. The van der Waals surface area contributed by atoms with E-state index in [1.54, 1.807) is 0 Å². The van der Waals surface area contributed by atoms with Gasteiger partial charge in [-0.1, -0.05) is 18.2 Å². The lowest BCUT2D eigenvalue weighted by Crippen LogP contribution is -2.31. The van der Waals surface area contributed by atoms with Gasteiger partial charge in [-0.05, 0) is 12.1 Å². The summed E-state index contributed by atoms with van der Waals surface area (Å²) in [5, 5.41) is 10.8. The summed E-state index contributed by atoms with van der Waals surface area (Å²) < 4.78 is 9.32. The molecular weight excluding hydrogens is 224 g/mol. The number of nitrogens with one attached hydrogen (secondary N) is 2. The third-order valence-electron chi connectivity index (χ3n) is 2.40. The highest BCUT2D eigenvalue weighted by Crippen LogP contribution is 2.26. The molecule has 16 heavy (non-hydrogen) atoms. The van der Waals surface area contributed by atoms with Crippen molar-refractivity contribution >= 4 is 17.6 Å². The van der Waals surface area contributed by atoms with Gasteiger partial charge >= 0.3 is 0 Å². The quantitative estimate of drug-likeness (QED) is 0.618. The first-order valence-corrected chi connectivity index (χ1v) is 6.01. The Bertz CT molecular complexity index is 378. The third kappa shape index (κ3) is 2.34. The Balaban J connectivity index is 1.46. The van der Waals surface area contributed by atoms with Gasteiger partial charge in [-0.2, -0.15) is 5.11 Å². The Morgan fingerprint density at radius 3 is 2.88 bits per heavy atom. The molecular formula is C10H12N4OS. The molecule has 2 heterocycles. The van der Waals surface area contributed by atoms with E-state index in [0.717, 1.165) is 12.2 Å². The maximum absolute atomic E-state index is 5.46. The van der Waals surface area contributed by atoms with E-state index in [2.05, 4.69) is 20.3 Å². The van der Waals surface area contributed by atoms with E-state index >= 15 is 0 Å². The van der Waals surface area contributed by atoms with Gasteiger partial charge in [0.1, 0.15) is 5.37 Å². The van der Waals surface area contributed by atoms with Gasteiger partial charge in [-0.25, -0.2) is 0 Å². The van der Waals surface area contributed by atoms with Gasteiger partial charge in [0.25, 0.3) is 0 Å². The second kappa shape index (κ2) is 4.40. The van der Waals surface area contributed by atoms with Crippen LogP contribution in [0.1, 0.15) is 0 Å². The van der Waals surface area contributed by atoms with Gasteiger partial charge in [-0.3, -0.25) is 5.32 Å². The van der Waals surface area contributed by atoms with Crippen molar-refractivity contribution in [2.24, 2.45) is 9.63 Å². The van der Waals surface area contributed by atoms with Crippen molar-refractivity contribution in [2.45, 2.75) is 17.8 Å². The van der Waals surface area contributed by atoms with E-state index in [4.69, 9.17) is 4.74 Å². The minimum absolute atomic E-state index is 0.0589. The molecule has 0 spiro atoms. The first kappa shape index (κ1) is 10.1. The summed E-state index contributed by atoms with van der Waals surface area (Å²) in [4.78, 5) is 0. The predicted octanol–water partition coefficient (Wildman–Crippen LogP) is 1.81. The average molecular weight is 236 g/mol. The number of hydrogen-bond donors (Lipinski definition) is 2. The number of hydrogen-bond acceptors (Lipinski definition) is 6. The monoisotopic (exact) mass is 236 g/mol. The van der Waals surface area contributed by atoms with Gasteiger partial charge in [0.05, 0.1) is 6.54 Å². The Morgan fingerprint density at radius 1 is 1.25 bits per heavy atom. The molecule has 1 aromatic carbocycles. The van der Waals surface area contributed by atoms with E-state index in [0.29, 0.717) is 0 Å². The molecule has 1 aromatic rings. The van der Waals surface area contributed by atoms with Crippen LogP contribution in [0.4, 0.5) is 5.69 Å². The molecule has 0 bridgehead atoms. The summed E-state index contributed by atoms with van der Waals surface area (Å²) >= 11 is 1.46. The van der Waals surface area contributed by atoms with Crippen molar-refractivity contribution < 1.29 is 4.74 Å². The molecule has 0 aliphatic carbocycles. The minimum Gasteiger partial charge on any atom is -0.357 e. The maximum atomic E-state index is 5.46. The zero-order chi connectivity index (χ0) is 10.8. The van der Waals surface area contributed by atoms with E-state index in [1.807, 2.05) is 30.3 Å². The average Bonchev–Trinajstić information content (AvgIpc) is 2.82. The standard InChI is InChI=1S/C10H12N4OS/c1-2-4-7(5-3-1)12-9-10(15-9)13-8-6-11-14-16-8/h1-5,8-10,12-13H,6H2. The van der Waals surface area contributed by atoms with Crippen molar-refractivity contribution in [3.63, 3.8) is 0 Å². The molecule has 1 saturated heterocycles. The summed E-state index contributed by atoms with van der Waals surface area (Å²) in [6.45, 7) is 0.725. The number of rotatable bonds is 4. The molecule has 0 saturated carbocycles. The van der Waals surface area contributed by atoms with Crippen molar-refractivity contribution in [1.29, 1.82) is 0 Å². The topological polar surface area (TPSA) is 61.3 Å². The van der Waals surface area contributed by atoms with Gasteiger partial charge in [-0.15, -0.1) is 4.52 Å². The normalized spacial score (nSPS) is 31.6. The highest BCUT2D eigenvalue weighted by Gasteiger charge is 2.40. The van der Waals surface area contributed by atoms with Crippen molar-refractivity contribution in [1.82, 2.24) is 5.32 Å². The van der Waals surface area contributed by atoms with Gasteiger partial charge in [0.15, 0.2) is 12.5 Å². The molecule has 1 fully saturated rings. The van der Waals surface area contributed by atoms with Gasteiger partial charge in [0.2, 0.25) is 0 Å². The van der Waals surface area contributed by atoms with Crippen LogP contribution in [0.3, 0.4) is 0 Å². The van der Waals surface area contributed by atoms with Crippen molar-refractivity contribution in [3.05, 3.63) is 30.3 Å². The number of ether oxygens (including phenoxy) is 1. The lowest BCUT2D eigenvalue weighted by molar-refractivity contribution is 0.350. The number of epoxide rings is 1. The zero-order valence-corrected chi connectivity index (χ0v) is 9.35. The van der Waals surface area contributed by atoms with Crippen LogP contribution in [0.25, 0.3) is 0 Å². The maximum Gasteiger partial charge on any atom is 0.170 e. The summed E-state index contributed by atoms with van der Waals surface area (Å²) in [5.41, 5.74) is 1.07. The summed E-state index contributed by atoms with van der Waals surface area (Å²) in [6.07, 6.45) is 0.129. The second-order valence-electron chi connectivity index (χ2n) is 3.65. The summed E-state index contributed by atoms with van der Waals surface area (Å²) in [7, 11) is 0. The Hall–Kier alpha value is -1.11. The van der Waals surface area contributed by atoms with E-state index in [9.17, 15) is 0 Å². The Kier molecular flexibility index (Phi) is 2.77. The van der Waals surface area contributed by atoms with Crippen LogP contribution < -0.4 is 10.6 Å². The number of nitrogens with zero attached hydrogens (tertiary/aromatic N) is 2. The van der Waals surface area contributed by atoms with E-state index in [1.165, 1.54) is 11.9 Å². The number of benzene rings is 1. The van der Waals surface area contributed by atoms with Crippen LogP contribution >= 0.6 is 11.9 Å². The Morgan fingerprint density at radius 2 is 2.12 bits per heavy atom. The highest BCUT2D eigenvalue weighted by atomic mass is 32.2. The smallest absolute Gasteiger partial charge is 0.170 e. The molecule has 3 rings (SSSR count). The summed E-state index contributed by atoms with van der Waals surface area (Å²) in [6, 6.07) is 10.0. The Labute approximate surface area is 97.8 Å². The molecule has 2 N–H and O–H groups in total. The minimum atomic E-state index is 0.0589. The molecule has 2 aliphatic rings. The van der Waals surface area contributed by atoms with Gasteiger partial charge < -0.3 is 10.1 Å². The van der Waals surface area contributed by atoms with Crippen LogP contribution in [0.2, 0.25) is 0 Å². The van der Waals surface area contributed by atoms with Crippen LogP contribution in [0, 0.1) is 0 Å². The lowest BCUT2D eigenvalue weighted by atomic mass is 10.3. The predicted molar refractivity (Wildman–Crippen MR) is 63.0 cm³/mol. The van der Waals surface area contributed by atoms with Gasteiger partial charge in [0, 0.05) is 17.6 Å². The largest absolute Gasteiger partial charge is 0.357 e. The highest BCUT2D eigenvalue weighted by molar-refractivity contribution is 7.98. The fourth-order valence-corrected chi connectivity index (χ4v) is 2.12. The fraction of sp³-hybridized carbons (Fsp3) is 0.400. The zero-order valence-electron chi connectivity index (χ0n) is 8.54. The first-order valence-electron chi connectivity index (χ1n) is 5.17. The molecule has 3 atom stereocenters. The molecule has 3 unspecified atom stereocenters. The second-order valence-corrected chi connectivity index (χ2v) is 4.60. The van der Waals surface area contributed by atoms with E-state index in [-0.39, 0.29) is 17.8 Å². The van der Waals surface area contributed by atoms with E-state index < -0.39 is 0 Å². The van der Waals surface area contributed by atoms with Crippen LogP contribution in [0.15, 0.2) is 40.0 Å². The molecule has 0 amide bonds.